The molecule has 0 aromatic carbocycles. The second-order valence-electron chi connectivity index (χ2n) is 3.56. The summed E-state index contributed by atoms with van der Waals surface area (Å²) in [7, 11) is 0. The molecule has 3 heteroatoms. The van der Waals surface area contributed by atoms with Gasteiger partial charge in [0.05, 0.1) is 12.2 Å². The topological polar surface area (TPSA) is 52.5 Å². The van der Waals surface area contributed by atoms with Crippen LogP contribution in [0.1, 0.15) is 26.7 Å². The molecule has 0 aromatic heterocycles. The minimum Gasteiger partial charge on any atom is -0.390 e. The summed E-state index contributed by atoms with van der Waals surface area (Å²) >= 11 is 0. The molecular weight excluding hydrogens is 142 g/mol. The maximum Gasteiger partial charge on any atom is 0.0951 e. The monoisotopic (exact) mass is 159 g/mol. The summed E-state index contributed by atoms with van der Waals surface area (Å²) in [4.78, 5) is 0. The summed E-state index contributed by atoms with van der Waals surface area (Å²) in [5.74, 6) is 0. The van der Waals surface area contributed by atoms with Crippen molar-refractivity contribution in [2.24, 2.45) is 0 Å². The molecule has 3 atom stereocenters. The van der Waals surface area contributed by atoms with E-state index in [1.54, 1.807) is 0 Å². The third-order valence-electron chi connectivity index (χ3n) is 2.13. The molecule has 66 valence electrons. The van der Waals surface area contributed by atoms with Gasteiger partial charge in [-0.25, -0.2) is 0 Å². The number of nitrogens with one attached hydrogen (secondary N) is 1. The molecule has 1 saturated carbocycles. The SMILES string of the molecule is CC(C)N[C@H]1CC[C@H](O)[C@H]1O. The average Bonchev–Trinajstić information content (AvgIpc) is 2.18. The Hall–Kier alpha value is -0.120. The molecule has 1 fully saturated rings. The van der Waals surface area contributed by atoms with E-state index in [4.69, 9.17) is 0 Å². The summed E-state index contributed by atoms with van der Waals surface area (Å²) in [6.07, 6.45) is 0.496. The van der Waals surface area contributed by atoms with Crippen molar-refractivity contribution in [2.45, 2.75) is 51.0 Å². The van der Waals surface area contributed by atoms with E-state index in [9.17, 15) is 10.2 Å². The highest BCUT2D eigenvalue weighted by molar-refractivity contribution is 4.89. The Kier molecular flexibility index (Phi) is 2.87. The van der Waals surface area contributed by atoms with Gasteiger partial charge in [-0.3, -0.25) is 0 Å². The van der Waals surface area contributed by atoms with E-state index in [0.717, 1.165) is 6.42 Å². The lowest BCUT2D eigenvalue weighted by Gasteiger charge is -2.20. The molecule has 0 bridgehead atoms. The van der Waals surface area contributed by atoms with Gasteiger partial charge in [0.25, 0.3) is 0 Å². The smallest absolute Gasteiger partial charge is 0.0951 e. The zero-order chi connectivity index (χ0) is 8.43. The Bertz CT molecular complexity index is 127. The van der Waals surface area contributed by atoms with Gasteiger partial charge in [-0.15, -0.1) is 0 Å². The van der Waals surface area contributed by atoms with Gasteiger partial charge in [-0.1, -0.05) is 13.8 Å². The number of aliphatic hydroxyl groups is 2. The molecule has 1 aliphatic carbocycles. The van der Waals surface area contributed by atoms with Crippen LogP contribution < -0.4 is 5.32 Å². The van der Waals surface area contributed by atoms with Gasteiger partial charge in [0.15, 0.2) is 0 Å². The molecule has 3 N–H and O–H groups in total. The fourth-order valence-corrected chi connectivity index (χ4v) is 1.57. The number of hydrogen-bond donors (Lipinski definition) is 3. The van der Waals surface area contributed by atoms with E-state index in [-0.39, 0.29) is 6.04 Å². The van der Waals surface area contributed by atoms with Gasteiger partial charge in [-0.05, 0) is 12.8 Å². The van der Waals surface area contributed by atoms with E-state index >= 15 is 0 Å². The van der Waals surface area contributed by atoms with Crippen LogP contribution in [0.3, 0.4) is 0 Å². The fourth-order valence-electron chi connectivity index (χ4n) is 1.57. The van der Waals surface area contributed by atoms with Crippen LogP contribution in [-0.4, -0.2) is 34.5 Å². The molecule has 0 amide bonds. The molecule has 0 saturated heterocycles. The molecule has 1 aliphatic rings. The third-order valence-corrected chi connectivity index (χ3v) is 2.13. The summed E-state index contributed by atoms with van der Waals surface area (Å²) in [6.45, 7) is 4.08. The normalized spacial score (nSPS) is 38.5. The van der Waals surface area contributed by atoms with Crippen molar-refractivity contribution in [2.75, 3.05) is 0 Å². The second kappa shape index (κ2) is 3.52. The van der Waals surface area contributed by atoms with E-state index in [1.807, 2.05) is 13.8 Å². The summed E-state index contributed by atoms with van der Waals surface area (Å²) < 4.78 is 0. The molecule has 0 aliphatic heterocycles. The van der Waals surface area contributed by atoms with Crippen LogP contribution in [0.2, 0.25) is 0 Å². The molecule has 0 unspecified atom stereocenters. The van der Waals surface area contributed by atoms with Gasteiger partial charge in [0, 0.05) is 12.1 Å². The summed E-state index contributed by atoms with van der Waals surface area (Å²) in [5, 5.41) is 21.8. The standard InChI is InChI=1S/C8H17NO2/c1-5(2)9-6-3-4-7(10)8(6)11/h5-11H,3-4H2,1-2H3/t6-,7-,8-/m0/s1. The van der Waals surface area contributed by atoms with Crippen LogP contribution in [0.25, 0.3) is 0 Å². The van der Waals surface area contributed by atoms with Crippen molar-refractivity contribution in [1.29, 1.82) is 0 Å². The number of aliphatic hydroxyl groups excluding tert-OH is 2. The zero-order valence-electron chi connectivity index (χ0n) is 7.12. The molecule has 0 aromatic rings. The first-order chi connectivity index (χ1) is 5.11. The van der Waals surface area contributed by atoms with Crippen LogP contribution in [0.15, 0.2) is 0 Å². The van der Waals surface area contributed by atoms with Crippen molar-refractivity contribution in [1.82, 2.24) is 5.32 Å². The van der Waals surface area contributed by atoms with Gasteiger partial charge in [0.1, 0.15) is 0 Å². The molecule has 1 rings (SSSR count). The van der Waals surface area contributed by atoms with Crippen LogP contribution >= 0.6 is 0 Å². The van der Waals surface area contributed by atoms with Crippen molar-refractivity contribution in [3.8, 4) is 0 Å². The van der Waals surface area contributed by atoms with Gasteiger partial charge < -0.3 is 15.5 Å². The first-order valence-electron chi connectivity index (χ1n) is 4.23. The first-order valence-corrected chi connectivity index (χ1v) is 4.23. The van der Waals surface area contributed by atoms with Crippen LogP contribution in [-0.2, 0) is 0 Å². The van der Waals surface area contributed by atoms with Crippen LogP contribution in [0.5, 0.6) is 0 Å². The Labute approximate surface area is 67.4 Å². The molecular formula is C8H17NO2. The lowest BCUT2D eigenvalue weighted by molar-refractivity contribution is 0.0289. The number of rotatable bonds is 2. The predicted molar refractivity (Wildman–Crippen MR) is 43.3 cm³/mol. The molecule has 0 heterocycles. The summed E-state index contributed by atoms with van der Waals surface area (Å²) in [5.41, 5.74) is 0. The highest BCUT2D eigenvalue weighted by Crippen LogP contribution is 2.19. The largest absolute Gasteiger partial charge is 0.390 e. The van der Waals surface area contributed by atoms with Crippen molar-refractivity contribution < 1.29 is 10.2 Å². The zero-order valence-corrected chi connectivity index (χ0v) is 7.12. The van der Waals surface area contributed by atoms with E-state index < -0.39 is 12.2 Å². The predicted octanol–water partition coefficient (Wildman–Crippen LogP) is -0.131. The van der Waals surface area contributed by atoms with Crippen LogP contribution in [0.4, 0.5) is 0 Å². The lowest BCUT2D eigenvalue weighted by Crippen LogP contribution is -2.42. The van der Waals surface area contributed by atoms with E-state index in [1.165, 1.54) is 0 Å². The average molecular weight is 159 g/mol. The third kappa shape index (κ3) is 2.15. The maximum absolute atomic E-state index is 9.39. The van der Waals surface area contributed by atoms with Crippen molar-refractivity contribution in [3.05, 3.63) is 0 Å². The Morgan fingerprint density at radius 3 is 2.27 bits per heavy atom. The van der Waals surface area contributed by atoms with E-state index in [0.29, 0.717) is 12.5 Å². The van der Waals surface area contributed by atoms with Gasteiger partial charge in [0.2, 0.25) is 0 Å². The molecule has 3 nitrogen and oxygen atoms in total. The summed E-state index contributed by atoms with van der Waals surface area (Å²) in [6, 6.07) is 0.463. The lowest BCUT2D eigenvalue weighted by atomic mass is 10.2. The molecule has 11 heavy (non-hydrogen) atoms. The Balaban J connectivity index is 2.36. The van der Waals surface area contributed by atoms with Gasteiger partial charge >= 0.3 is 0 Å². The highest BCUT2D eigenvalue weighted by Gasteiger charge is 2.33. The molecule has 0 spiro atoms. The van der Waals surface area contributed by atoms with Crippen LogP contribution in [0, 0.1) is 0 Å². The highest BCUT2D eigenvalue weighted by atomic mass is 16.3. The minimum atomic E-state index is -0.572. The quantitative estimate of drug-likeness (QED) is 0.526. The fraction of sp³-hybridized carbons (Fsp3) is 1.00. The van der Waals surface area contributed by atoms with Crippen molar-refractivity contribution >= 4 is 0 Å². The number of hydrogen-bond acceptors (Lipinski definition) is 3. The Morgan fingerprint density at radius 2 is 1.91 bits per heavy atom. The van der Waals surface area contributed by atoms with Gasteiger partial charge in [-0.2, -0.15) is 0 Å². The molecule has 0 radical (unpaired) electrons. The van der Waals surface area contributed by atoms with E-state index in [2.05, 4.69) is 5.32 Å². The first kappa shape index (κ1) is 8.97. The van der Waals surface area contributed by atoms with Crippen molar-refractivity contribution in [3.63, 3.8) is 0 Å². The minimum absolute atomic E-state index is 0.0880. The maximum atomic E-state index is 9.39. The second-order valence-corrected chi connectivity index (χ2v) is 3.56. The Morgan fingerprint density at radius 1 is 1.27 bits per heavy atom.